The first-order chi connectivity index (χ1) is 9.63. The van der Waals surface area contributed by atoms with Gasteiger partial charge in [-0.2, -0.15) is 0 Å². The highest BCUT2D eigenvalue weighted by Gasteiger charge is 2.18. The highest BCUT2D eigenvalue weighted by atomic mass is 35.5. The van der Waals surface area contributed by atoms with Gasteiger partial charge in [0.25, 0.3) is 5.91 Å². The van der Waals surface area contributed by atoms with Crippen LogP contribution in [0.1, 0.15) is 22.0 Å². The Morgan fingerprint density at radius 3 is 2.55 bits per heavy atom. The van der Waals surface area contributed by atoms with Crippen molar-refractivity contribution >= 4 is 17.5 Å². The number of hydrogen-bond donors (Lipinski definition) is 2. The molecule has 0 bridgehead atoms. The van der Waals surface area contributed by atoms with Crippen LogP contribution in [0.15, 0.2) is 48.5 Å². The molecule has 0 spiro atoms. The normalized spacial score (nSPS) is 11.9. The number of aliphatic hydroxyl groups excluding tert-OH is 1. The van der Waals surface area contributed by atoms with Gasteiger partial charge in [-0.25, -0.2) is 4.39 Å². The zero-order valence-electron chi connectivity index (χ0n) is 10.5. The van der Waals surface area contributed by atoms with Crippen molar-refractivity contribution in [1.82, 2.24) is 5.32 Å². The summed E-state index contributed by atoms with van der Waals surface area (Å²) in [6.45, 7) is -0.261. The van der Waals surface area contributed by atoms with Gasteiger partial charge in [-0.3, -0.25) is 4.79 Å². The van der Waals surface area contributed by atoms with E-state index in [4.69, 9.17) is 11.6 Å². The molecule has 2 aromatic rings. The summed E-state index contributed by atoms with van der Waals surface area (Å²) in [6, 6.07) is 12.5. The maximum atomic E-state index is 13.3. The molecule has 3 nitrogen and oxygen atoms in total. The fourth-order valence-corrected chi connectivity index (χ4v) is 2.05. The van der Waals surface area contributed by atoms with Gasteiger partial charge in [0.1, 0.15) is 5.82 Å². The van der Waals surface area contributed by atoms with Crippen molar-refractivity contribution in [3.05, 3.63) is 70.5 Å². The molecule has 104 valence electrons. The Bertz CT molecular complexity index is 604. The molecule has 0 aromatic heterocycles. The first kappa shape index (κ1) is 14.5. The topological polar surface area (TPSA) is 49.3 Å². The number of halogens is 2. The molecular formula is C15H13ClFNO2. The van der Waals surface area contributed by atoms with Crippen LogP contribution in [0, 0.1) is 5.82 Å². The minimum Gasteiger partial charge on any atom is -0.394 e. The Morgan fingerprint density at radius 1 is 1.20 bits per heavy atom. The minimum absolute atomic E-state index is 0.0426. The van der Waals surface area contributed by atoms with E-state index >= 15 is 0 Å². The van der Waals surface area contributed by atoms with Crippen LogP contribution in [-0.4, -0.2) is 17.6 Å². The van der Waals surface area contributed by atoms with Gasteiger partial charge in [-0.15, -0.1) is 0 Å². The van der Waals surface area contributed by atoms with Crippen molar-refractivity contribution in [3.8, 4) is 0 Å². The number of benzene rings is 2. The third-order valence-corrected chi connectivity index (χ3v) is 3.27. The zero-order valence-corrected chi connectivity index (χ0v) is 11.3. The molecule has 0 aliphatic rings. The number of rotatable bonds is 4. The number of hydrogen-bond acceptors (Lipinski definition) is 2. The largest absolute Gasteiger partial charge is 0.394 e. The lowest BCUT2D eigenvalue weighted by atomic mass is 10.1. The molecule has 0 unspecified atom stereocenters. The molecule has 2 aromatic carbocycles. The Balaban J connectivity index is 2.20. The molecule has 1 atom stereocenters. The Morgan fingerprint density at radius 2 is 1.90 bits per heavy atom. The SMILES string of the molecule is O=C(N[C@H](CO)c1ccccc1)c1cccc(F)c1Cl. The Labute approximate surface area is 121 Å². The van der Waals surface area contributed by atoms with E-state index in [0.717, 1.165) is 5.56 Å². The maximum absolute atomic E-state index is 13.3. The first-order valence-corrected chi connectivity index (χ1v) is 6.42. The molecule has 0 heterocycles. The number of carbonyl (C=O) groups excluding carboxylic acids is 1. The van der Waals surface area contributed by atoms with E-state index in [1.165, 1.54) is 18.2 Å². The summed E-state index contributed by atoms with van der Waals surface area (Å²) in [4.78, 5) is 12.1. The summed E-state index contributed by atoms with van der Waals surface area (Å²) in [7, 11) is 0. The van der Waals surface area contributed by atoms with Crippen molar-refractivity contribution in [3.63, 3.8) is 0 Å². The maximum Gasteiger partial charge on any atom is 0.253 e. The van der Waals surface area contributed by atoms with Crippen LogP contribution < -0.4 is 5.32 Å². The lowest BCUT2D eigenvalue weighted by Gasteiger charge is -2.17. The van der Waals surface area contributed by atoms with Crippen molar-refractivity contribution < 1.29 is 14.3 Å². The Kier molecular flexibility index (Phi) is 4.71. The van der Waals surface area contributed by atoms with E-state index < -0.39 is 17.8 Å². The summed E-state index contributed by atoms with van der Waals surface area (Å²) in [5, 5.41) is 11.8. The van der Waals surface area contributed by atoms with E-state index in [1.807, 2.05) is 6.07 Å². The fraction of sp³-hybridized carbons (Fsp3) is 0.133. The average Bonchev–Trinajstić information content (AvgIpc) is 2.48. The third kappa shape index (κ3) is 3.15. The number of aliphatic hydroxyl groups is 1. The fourth-order valence-electron chi connectivity index (χ4n) is 1.83. The molecular weight excluding hydrogens is 281 g/mol. The van der Waals surface area contributed by atoms with Gasteiger partial charge in [-0.05, 0) is 17.7 Å². The molecule has 0 saturated carbocycles. The predicted molar refractivity (Wildman–Crippen MR) is 75.1 cm³/mol. The molecule has 20 heavy (non-hydrogen) atoms. The molecule has 2 rings (SSSR count). The first-order valence-electron chi connectivity index (χ1n) is 6.04. The average molecular weight is 294 g/mol. The monoisotopic (exact) mass is 293 g/mol. The second-order valence-corrected chi connectivity index (χ2v) is 4.60. The quantitative estimate of drug-likeness (QED) is 0.910. The van der Waals surface area contributed by atoms with E-state index in [2.05, 4.69) is 5.32 Å². The molecule has 0 fully saturated rings. The molecule has 0 radical (unpaired) electrons. The highest BCUT2D eigenvalue weighted by molar-refractivity contribution is 6.34. The van der Waals surface area contributed by atoms with Crippen molar-refractivity contribution in [2.24, 2.45) is 0 Å². The van der Waals surface area contributed by atoms with Crippen molar-refractivity contribution in [1.29, 1.82) is 0 Å². The van der Waals surface area contributed by atoms with E-state index in [9.17, 15) is 14.3 Å². The summed E-state index contributed by atoms with van der Waals surface area (Å²) in [5.41, 5.74) is 0.803. The number of amides is 1. The Hall–Kier alpha value is -1.91. The summed E-state index contributed by atoms with van der Waals surface area (Å²) < 4.78 is 13.3. The molecule has 5 heteroatoms. The van der Waals surface area contributed by atoms with Crippen LogP contribution in [0.4, 0.5) is 4.39 Å². The van der Waals surface area contributed by atoms with Crippen molar-refractivity contribution in [2.75, 3.05) is 6.61 Å². The standard InChI is InChI=1S/C15H13ClFNO2/c16-14-11(7-4-8-12(14)17)15(20)18-13(9-19)10-5-2-1-3-6-10/h1-8,13,19H,9H2,(H,18,20)/t13-/m1/s1. The third-order valence-electron chi connectivity index (χ3n) is 2.89. The van der Waals surface area contributed by atoms with Crippen LogP contribution in [0.3, 0.4) is 0 Å². The number of nitrogens with one attached hydrogen (secondary N) is 1. The lowest BCUT2D eigenvalue weighted by molar-refractivity contribution is 0.0916. The van der Waals surface area contributed by atoms with E-state index in [1.54, 1.807) is 24.3 Å². The van der Waals surface area contributed by atoms with Gasteiger partial charge < -0.3 is 10.4 Å². The van der Waals surface area contributed by atoms with Crippen LogP contribution >= 0.6 is 11.6 Å². The van der Waals surface area contributed by atoms with Crippen LogP contribution in [-0.2, 0) is 0 Å². The summed E-state index contributed by atoms with van der Waals surface area (Å²) in [6.07, 6.45) is 0. The van der Waals surface area contributed by atoms with Gasteiger partial charge in [0.15, 0.2) is 0 Å². The van der Waals surface area contributed by atoms with Crippen molar-refractivity contribution in [2.45, 2.75) is 6.04 Å². The van der Waals surface area contributed by atoms with Gasteiger partial charge in [-0.1, -0.05) is 48.0 Å². The van der Waals surface area contributed by atoms with Gasteiger partial charge in [0.2, 0.25) is 0 Å². The number of carbonyl (C=O) groups is 1. The smallest absolute Gasteiger partial charge is 0.253 e. The molecule has 0 saturated heterocycles. The van der Waals surface area contributed by atoms with Gasteiger partial charge in [0, 0.05) is 0 Å². The predicted octanol–water partition coefficient (Wildman–Crippen LogP) is 2.94. The minimum atomic E-state index is -0.653. The molecule has 0 aliphatic heterocycles. The highest BCUT2D eigenvalue weighted by Crippen LogP contribution is 2.21. The van der Waals surface area contributed by atoms with Crippen LogP contribution in [0.25, 0.3) is 0 Å². The van der Waals surface area contributed by atoms with E-state index in [-0.39, 0.29) is 17.2 Å². The van der Waals surface area contributed by atoms with Gasteiger partial charge in [0.05, 0.1) is 23.2 Å². The summed E-state index contributed by atoms with van der Waals surface area (Å²) in [5.74, 6) is -1.18. The van der Waals surface area contributed by atoms with Crippen LogP contribution in [0.2, 0.25) is 5.02 Å². The van der Waals surface area contributed by atoms with E-state index in [0.29, 0.717) is 0 Å². The van der Waals surface area contributed by atoms with Gasteiger partial charge >= 0.3 is 0 Å². The molecule has 2 N–H and O–H groups in total. The lowest BCUT2D eigenvalue weighted by Crippen LogP contribution is -2.31. The zero-order chi connectivity index (χ0) is 14.5. The van der Waals surface area contributed by atoms with Crippen LogP contribution in [0.5, 0.6) is 0 Å². The molecule has 0 aliphatic carbocycles. The molecule has 1 amide bonds. The second-order valence-electron chi connectivity index (χ2n) is 4.22. The summed E-state index contributed by atoms with van der Waals surface area (Å²) >= 11 is 5.76. The second kappa shape index (κ2) is 6.50.